The van der Waals surface area contributed by atoms with Crippen LogP contribution < -0.4 is 0 Å². The van der Waals surface area contributed by atoms with E-state index >= 15 is 0 Å². The van der Waals surface area contributed by atoms with Crippen molar-refractivity contribution in [2.24, 2.45) is 0 Å². The minimum Gasteiger partial charge on any atom is -0.299 e. The van der Waals surface area contributed by atoms with E-state index in [0.717, 1.165) is 5.92 Å². The maximum atomic E-state index is 10.9. The highest BCUT2D eigenvalue weighted by Gasteiger charge is 2.32. The van der Waals surface area contributed by atoms with Crippen molar-refractivity contribution in [2.45, 2.75) is 13.3 Å². The zero-order valence-electron chi connectivity index (χ0n) is 6.29. The van der Waals surface area contributed by atoms with Gasteiger partial charge in [0.15, 0.2) is 0 Å². The van der Waals surface area contributed by atoms with E-state index in [4.69, 9.17) is 5.26 Å². The largest absolute Gasteiger partial charge is 0.299 e. The first kappa shape index (κ1) is 8.26. The van der Waals surface area contributed by atoms with Crippen molar-refractivity contribution in [3.8, 4) is 6.07 Å². The topological polar surface area (TPSA) is 40.9 Å². The standard InChI is InChI=1S/C9H8NO/c1-7(11)9-4-2-3-8(9)5-6-10/h2-4H,5H2,1H3. The molecule has 0 aromatic rings. The summed E-state index contributed by atoms with van der Waals surface area (Å²) in [5.74, 6) is 1.53. The number of carbonyl (C=O) groups excluding carboxylic acids is 1. The molecule has 1 rings (SSSR count). The molecule has 0 spiro atoms. The van der Waals surface area contributed by atoms with Gasteiger partial charge in [0.1, 0.15) is 5.78 Å². The summed E-state index contributed by atoms with van der Waals surface area (Å²) in [6.07, 6.45) is 5.67. The second-order valence-electron chi connectivity index (χ2n) is 2.36. The first-order chi connectivity index (χ1) is 5.25. The van der Waals surface area contributed by atoms with E-state index < -0.39 is 0 Å². The summed E-state index contributed by atoms with van der Waals surface area (Å²) >= 11 is 0. The van der Waals surface area contributed by atoms with Crippen molar-refractivity contribution in [1.29, 1.82) is 5.26 Å². The van der Waals surface area contributed by atoms with Crippen LogP contribution in [-0.4, -0.2) is 5.78 Å². The van der Waals surface area contributed by atoms with Crippen LogP contribution in [0.25, 0.3) is 0 Å². The minimum absolute atomic E-state index is 0.0280. The van der Waals surface area contributed by atoms with E-state index in [2.05, 4.69) is 0 Å². The predicted octanol–water partition coefficient (Wildman–Crippen LogP) is 1.26. The first-order valence-electron chi connectivity index (χ1n) is 3.38. The lowest BCUT2D eigenvalue weighted by molar-refractivity contribution is -0.114. The molecule has 0 aliphatic heterocycles. The zero-order chi connectivity index (χ0) is 8.27. The van der Waals surface area contributed by atoms with Gasteiger partial charge < -0.3 is 0 Å². The van der Waals surface area contributed by atoms with Gasteiger partial charge >= 0.3 is 0 Å². The second kappa shape index (κ2) is 3.52. The van der Waals surface area contributed by atoms with Crippen LogP contribution in [0.4, 0.5) is 0 Å². The molecule has 2 nitrogen and oxygen atoms in total. The summed E-state index contributed by atoms with van der Waals surface area (Å²) in [5.41, 5.74) is 0. The summed E-state index contributed by atoms with van der Waals surface area (Å²) in [6, 6.07) is 2.01. The quantitative estimate of drug-likeness (QED) is 0.588. The first-order valence-corrected chi connectivity index (χ1v) is 3.38. The molecule has 55 valence electrons. The number of nitrogens with zero attached hydrogens (tertiary/aromatic N) is 1. The van der Waals surface area contributed by atoms with Gasteiger partial charge in [0.25, 0.3) is 0 Å². The molecule has 0 amide bonds. The zero-order valence-corrected chi connectivity index (χ0v) is 6.29. The fourth-order valence-electron chi connectivity index (χ4n) is 1.04. The van der Waals surface area contributed by atoms with Crippen LogP contribution in [0.1, 0.15) is 13.3 Å². The second-order valence-corrected chi connectivity index (χ2v) is 2.36. The third-order valence-electron chi connectivity index (χ3n) is 1.56. The summed E-state index contributed by atoms with van der Waals surface area (Å²) in [4.78, 5) is 10.9. The SMILES string of the molecule is CC(=O)[C]1[CH][CH][CH][C]1CC#N. The molecule has 1 fully saturated rings. The van der Waals surface area contributed by atoms with Crippen molar-refractivity contribution in [3.63, 3.8) is 0 Å². The number of hydrogen-bond donors (Lipinski definition) is 0. The average molecular weight is 146 g/mol. The fourth-order valence-corrected chi connectivity index (χ4v) is 1.04. The lowest BCUT2D eigenvalue weighted by atomic mass is 9.91. The highest BCUT2D eigenvalue weighted by Crippen LogP contribution is 2.35. The lowest BCUT2D eigenvalue weighted by Crippen LogP contribution is -2.11. The molecule has 0 atom stereocenters. The van der Waals surface area contributed by atoms with Crippen LogP contribution in [0.2, 0.25) is 0 Å². The van der Waals surface area contributed by atoms with Crippen LogP contribution in [0.15, 0.2) is 0 Å². The molecule has 0 unspecified atom stereocenters. The van der Waals surface area contributed by atoms with Crippen LogP contribution in [0.3, 0.4) is 0 Å². The molecule has 0 aromatic heterocycles. The highest BCUT2D eigenvalue weighted by molar-refractivity contribution is 5.97. The molecular formula is C9H8NO. The van der Waals surface area contributed by atoms with Crippen molar-refractivity contribution in [2.75, 3.05) is 0 Å². The van der Waals surface area contributed by atoms with Crippen LogP contribution in [0.5, 0.6) is 0 Å². The molecular weight excluding hydrogens is 138 g/mol. The summed E-state index contributed by atoms with van der Waals surface area (Å²) in [6.45, 7) is 1.51. The van der Waals surface area contributed by atoms with Gasteiger partial charge in [0, 0.05) is 12.3 Å². The predicted molar refractivity (Wildman–Crippen MR) is 40.3 cm³/mol. The molecule has 1 aliphatic carbocycles. The van der Waals surface area contributed by atoms with E-state index in [1.54, 1.807) is 19.3 Å². The Bertz CT molecular complexity index is 192. The van der Waals surface area contributed by atoms with Gasteiger partial charge in [0.05, 0.1) is 12.0 Å². The number of hydrogen-bond acceptors (Lipinski definition) is 2. The molecule has 1 aliphatic rings. The number of carbonyl (C=O) groups is 1. The van der Waals surface area contributed by atoms with E-state index in [0.29, 0.717) is 12.3 Å². The van der Waals surface area contributed by atoms with Crippen molar-refractivity contribution >= 4 is 5.78 Å². The van der Waals surface area contributed by atoms with Gasteiger partial charge in [0.2, 0.25) is 0 Å². The van der Waals surface area contributed by atoms with Crippen molar-refractivity contribution < 1.29 is 4.79 Å². The Morgan fingerprint density at radius 1 is 1.64 bits per heavy atom. The van der Waals surface area contributed by atoms with E-state index in [1.807, 2.05) is 6.07 Å². The van der Waals surface area contributed by atoms with E-state index in [-0.39, 0.29) is 5.78 Å². The van der Waals surface area contributed by atoms with Gasteiger partial charge in [-0.3, -0.25) is 4.79 Å². The van der Waals surface area contributed by atoms with E-state index in [1.165, 1.54) is 6.92 Å². The number of Topliss-reactive ketones (excluding diaryl/α,β-unsaturated/α-hetero) is 1. The van der Waals surface area contributed by atoms with Crippen molar-refractivity contribution in [3.05, 3.63) is 31.1 Å². The van der Waals surface area contributed by atoms with Crippen LogP contribution in [-0.2, 0) is 4.79 Å². The number of ketones is 1. The molecule has 11 heavy (non-hydrogen) atoms. The van der Waals surface area contributed by atoms with E-state index in [9.17, 15) is 4.79 Å². The Morgan fingerprint density at radius 3 is 2.91 bits per heavy atom. The molecule has 0 N–H and O–H groups in total. The molecule has 5 radical (unpaired) electrons. The Morgan fingerprint density at radius 2 is 2.36 bits per heavy atom. The Kier molecular flexibility index (Phi) is 2.64. The smallest absolute Gasteiger partial charge is 0.137 e. The van der Waals surface area contributed by atoms with Crippen molar-refractivity contribution in [1.82, 2.24) is 0 Å². The minimum atomic E-state index is 0.0280. The molecule has 2 heteroatoms. The maximum Gasteiger partial charge on any atom is 0.137 e. The molecule has 1 saturated carbocycles. The third-order valence-corrected chi connectivity index (χ3v) is 1.56. The number of nitriles is 1. The third kappa shape index (κ3) is 1.80. The lowest BCUT2D eigenvalue weighted by Gasteiger charge is -2.09. The van der Waals surface area contributed by atoms with Crippen LogP contribution in [0, 0.1) is 42.4 Å². The van der Waals surface area contributed by atoms with Gasteiger partial charge in [-0.15, -0.1) is 0 Å². The Labute approximate surface area is 67.2 Å². The molecule has 0 heterocycles. The van der Waals surface area contributed by atoms with Gasteiger partial charge in [-0.2, -0.15) is 5.26 Å². The molecule has 0 bridgehead atoms. The highest BCUT2D eigenvalue weighted by atomic mass is 16.1. The fraction of sp³-hybridized carbons (Fsp3) is 0.222. The average Bonchev–Trinajstić information content (AvgIpc) is 2.36. The number of rotatable bonds is 2. The maximum absolute atomic E-state index is 10.9. The van der Waals surface area contributed by atoms with Gasteiger partial charge in [-0.1, -0.05) is 0 Å². The Balaban J connectivity index is 2.52. The Hall–Kier alpha value is -0.840. The monoisotopic (exact) mass is 146 g/mol. The molecule has 0 saturated heterocycles. The normalized spacial score (nSPS) is 20.0. The summed E-state index contributed by atoms with van der Waals surface area (Å²) < 4.78 is 0. The van der Waals surface area contributed by atoms with Crippen LogP contribution >= 0.6 is 0 Å². The summed E-state index contributed by atoms with van der Waals surface area (Å²) in [7, 11) is 0. The van der Waals surface area contributed by atoms with Gasteiger partial charge in [-0.05, 0) is 26.2 Å². The summed E-state index contributed by atoms with van der Waals surface area (Å²) in [5, 5.41) is 8.38. The van der Waals surface area contributed by atoms with Gasteiger partial charge in [-0.25, -0.2) is 0 Å². The molecule has 0 aromatic carbocycles.